The van der Waals surface area contributed by atoms with Gasteiger partial charge in [0.1, 0.15) is 6.04 Å². The molecule has 0 aliphatic rings. The highest BCUT2D eigenvalue weighted by Gasteiger charge is 2.18. The molecule has 114 valence electrons. The number of para-hydroxylation sites is 1. The molecule has 4 heteroatoms. The first-order valence-electron chi connectivity index (χ1n) is 7.22. The number of carbonyl (C=O) groups is 2. The van der Waals surface area contributed by atoms with Crippen molar-refractivity contribution in [1.82, 2.24) is 5.32 Å². The largest absolute Gasteiger partial charge is 0.341 e. The van der Waals surface area contributed by atoms with Crippen molar-refractivity contribution in [3.05, 3.63) is 65.2 Å². The Morgan fingerprint density at radius 1 is 0.909 bits per heavy atom. The van der Waals surface area contributed by atoms with Gasteiger partial charge in [0.05, 0.1) is 0 Å². The molecule has 1 atom stereocenters. The zero-order chi connectivity index (χ0) is 16.1. The topological polar surface area (TPSA) is 58.2 Å². The first-order chi connectivity index (χ1) is 10.5. The third kappa shape index (κ3) is 3.73. The second kappa shape index (κ2) is 6.89. The highest BCUT2D eigenvalue weighted by Crippen LogP contribution is 2.13. The standard InChI is InChI=1S/C18H20N2O2/c1-12-8-4-6-10-15(12)18(22)19-14(3)17(21)20-16-11-7-5-9-13(16)2/h4-11,14H,1-3H3,(H,19,22)(H,20,21). The summed E-state index contributed by atoms with van der Waals surface area (Å²) in [4.78, 5) is 24.4. The second-order valence-electron chi connectivity index (χ2n) is 5.31. The van der Waals surface area contributed by atoms with Crippen molar-refractivity contribution in [2.75, 3.05) is 5.32 Å². The summed E-state index contributed by atoms with van der Waals surface area (Å²) >= 11 is 0. The summed E-state index contributed by atoms with van der Waals surface area (Å²) < 4.78 is 0. The normalized spacial score (nSPS) is 11.6. The average Bonchev–Trinajstić information content (AvgIpc) is 2.49. The van der Waals surface area contributed by atoms with Gasteiger partial charge in [0.15, 0.2) is 0 Å². The van der Waals surface area contributed by atoms with E-state index in [1.165, 1.54) is 0 Å². The molecule has 0 aliphatic carbocycles. The van der Waals surface area contributed by atoms with Crippen LogP contribution in [0.3, 0.4) is 0 Å². The van der Waals surface area contributed by atoms with Gasteiger partial charge in [-0.2, -0.15) is 0 Å². The second-order valence-corrected chi connectivity index (χ2v) is 5.31. The summed E-state index contributed by atoms with van der Waals surface area (Å²) in [5, 5.41) is 5.55. The van der Waals surface area contributed by atoms with Crippen LogP contribution in [-0.2, 0) is 4.79 Å². The maximum atomic E-state index is 12.2. The Balaban J connectivity index is 2.01. The lowest BCUT2D eigenvalue weighted by Crippen LogP contribution is -2.41. The summed E-state index contributed by atoms with van der Waals surface area (Å²) in [6, 6.07) is 14.2. The molecule has 22 heavy (non-hydrogen) atoms. The Kier molecular flexibility index (Phi) is 4.94. The Morgan fingerprint density at radius 3 is 2.14 bits per heavy atom. The van der Waals surface area contributed by atoms with Gasteiger partial charge >= 0.3 is 0 Å². The fourth-order valence-corrected chi connectivity index (χ4v) is 2.12. The molecule has 0 saturated heterocycles. The summed E-state index contributed by atoms with van der Waals surface area (Å²) in [5.41, 5.74) is 3.20. The number of nitrogens with one attached hydrogen (secondary N) is 2. The first kappa shape index (κ1) is 15.8. The molecule has 0 spiro atoms. The van der Waals surface area contributed by atoms with Crippen LogP contribution in [0.25, 0.3) is 0 Å². The molecule has 0 bridgehead atoms. The molecular weight excluding hydrogens is 276 g/mol. The molecule has 2 amide bonds. The van der Waals surface area contributed by atoms with Crippen LogP contribution >= 0.6 is 0 Å². The van der Waals surface area contributed by atoms with E-state index in [0.29, 0.717) is 5.56 Å². The van der Waals surface area contributed by atoms with Gasteiger partial charge in [0.25, 0.3) is 5.91 Å². The van der Waals surface area contributed by atoms with E-state index < -0.39 is 6.04 Å². The number of hydrogen-bond donors (Lipinski definition) is 2. The minimum Gasteiger partial charge on any atom is -0.341 e. The summed E-state index contributed by atoms with van der Waals surface area (Å²) in [7, 11) is 0. The van der Waals surface area contributed by atoms with E-state index in [1.807, 2.05) is 50.2 Å². The van der Waals surface area contributed by atoms with E-state index in [9.17, 15) is 9.59 Å². The van der Waals surface area contributed by atoms with Gasteiger partial charge in [0.2, 0.25) is 5.91 Å². The predicted molar refractivity (Wildman–Crippen MR) is 87.9 cm³/mol. The molecule has 0 saturated carbocycles. The van der Waals surface area contributed by atoms with Crippen LogP contribution in [-0.4, -0.2) is 17.9 Å². The van der Waals surface area contributed by atoms with Crippen molar-refractivity contribution in [3.8, 4) is 0 Å². The monoisotopic (exact) mass is 296 g/mol. The lowest BCUT2D eigenvalue weighted by Gasteiger charge is -2.16. The van der Waals surface area contributed by atoms with Crippen LogP contribution in [0.5, 0.6) is 0 Å². The Bertz CT molecular complexity index is 695. The van der Waals surface area contributed by atoms with Gasteiger partial charge in [-0.25, -0.2) is 0 Å². The van der Waals surface area contributed by atoms with Crippen LogP contribution in [0.4, 0.5) is 5.69 Å². The Labute approximate surface area is 130 Å². The minimum absolute atomic E-state index is 0.240. The van der Waals surface area contributed by atoms with Gasteiger partial charge in [-0.1, -0.05) is 36.4 Å². The van der Waals surface area contributed by atoms with Crippen molar-refractivity contribution < 1.29 is 9.59 Å². The average molecular weight is 296 g/mol. The van der Waals surface area contributed by atoms with Crippen molar-refractivity contribution >= 4 is 17.5 Å². The lowest BCUT2D eigenvalue weighted by molar-refractivity contribution is -0.117. The van der Waals surface area contributed by atoms with E-state index in [0.717, 1.165) is 16.8 Å². The van der Waals surface area contributed by atoms with Crippen molar-refractivity contribution in [2.45, 2.75) is 26.8 Å². The Morgan fingerprint density at radius 2 is 1.50 bits per heavy atom. The molecule has 2 N–H and O–H groups in total. The van der Waals surface area contributed by atoms with E-state index in [1.54, 1.807) is 19.1 Å². The van der Waals surface area contributed by atoms with Crippen molar-refractivity contribution in [3.63, 3.8) is 0 Å². The lowest BCUT2D eigenvalue weighted by atomic mass is 10.1. The zero-order valence-corrected chi connectivity index (χ0v) is 13.0. The van der Waals surface area contributed by atoms with E-state index >= 15 is 0 Å². The molecule has 0 radical (unpaired) electrons. The fourth-order valence-electron chi connectivity index (χ4n) is 2.12. The van der Waals surface area contributed by atoms with Crippen molar-refractivity contribution in [2.24, 2.45) is 0 Å². The molecule has 2 aromatic rings. The van der Waals surface area contributed by atoms with Gasteiger partial charge in [-0.3, -0.25) is 9.59 Å². The molecular formula is C18H20N2O2. The molecule has 0 aliphatic heterocycles. The first-order valence-corrected chi connectivity index (χ1v) is 7.22. The molecule has 0 fully saturated rings. The number of hydrogen-bond acceptors (Lipinski definition) is 2. The molecule has 1 unspecified atom stereocenters. The van der Waals surface area contributed by atoms with E-state index in [-0.39, 0.29) is 11.8 Å². The molecule has 2 aromatic carbocycles. The fraction of sp³-hybridized carbons (Fsp3) is 0.222. The number of amides is 2. The number of rotatable bonds is 4. The number of anilines is 1. The van der Waals surface area contributed by atoms with Crippen LogP contribution in [0.2, 0.25) is 0 Å². The third-order valence-corrected chi connectivity index (χ3v) is 3.53. The molecule has 2 rings (SSSR count). The summed E-state index contributed by atoms with van der Waals surface area (Å²) in [6.07, 6.45) is 0. The number of aryl methyl sites for hydroxylation is 2. The highest BCUT2D eigenvalue weighted by atomic mass is 16.2. The summed E-state index contributed by atoms with van der Waals surface area (Å²) in [6.45, 7) is 5.46. The van der Waals surface area contributed by atoms with Gasteiger partial charge in [-0.05, 0) is 44.0 Å². The van der Waals surface area contributed by atoms with Crippen LogP contribution < -0.4 is 10.6 Å². The summed E-state index contributed by atoms with van der Waals surface area (Å²) in [5.74, 6) is -0.484. The number of carbonyl (C=O) groups excluding carboxylic acids is 2. The Hall–Kier alpha value is -2.62. The quantitative estimate of drug-likeness (QED) is 0.911. The minimum atomic E-state index is -0.619. The van der Waals surface area contributed by atoms with Crippen LogP contribution in [0.15, 0.2) is 48.5 Å². The van der Waals surface area contributed by atoms with Crippen molar-refractivity contribution in [1.29, 1.82) is 0 Å². The maximum absolute atomic E-state index is 12.2. The molecule has 0 aromatic heterocycles. The maximum Gasteiger partial charge on any atom is 0.252 e. The SMILES string of the molecule is Cc1ccccc1NC(=O)C(C)NC(=O)c1ccccc1C. The number of benzene rings is 2. The smallest absolute Gasteiger partial charge is 0.252 e. The van der Waals surface area contributed by atoms with Gasteiger partial charge in [0, 0.05) is 11.3 Å². The molecule has 4 nitrogen and oxygen atoms in total. The third-order valence-electron chi connectivity index (χ3n) is 3.53. The van der Waals surface area contributed by atoms with E-state index in [2.05, 4.69) is 10.6 Å². The molecule has 0 heterocycles. The van der Waals surface area contributed by atoms with E-state index in [4.69, 9.17) is 0 Å². The predicted octanol–water partition coefficient (Wildman–Crippen LogP) is 3.06. The van der Waals surface area contributed by atoms with Crippen LogP contribution in [0, 0.1) is 13.8 Å². The zero-order valence-electron chi connectivity index (χ0n) is 13.0. The highest BCUT2D eigenvalue weighted by molar-refractivity contribution is 6.01. The van der Waals surface area contributed by atoms with Gasteiger partial charge < -0.3 is 10.6 Å². The van der Waals surface area contributed by atoms with Crippen LogP contribution in [0.1, 0.15) is 28.4 Å². The van der Waals surface area contributed by atoms with Gasteiger partial charge in [-0.15, -0.1) is 0 Å².